The van der Waals surface area contributed by atoms with Gasteiger partial charge in [0.1, 0.15) is 5.15 Å². The highest BCUT2D eigenvalue weighted by atomic mass is 35.5. The average Bonchev–Trinajstić information content (AvgIpc) is 2.33. The number of halogens is 1. The number of carboxylic acids is 1. The summed E-state index contributed by atoms with van der Waals surface area (Å²) in [7, 11) is 0. The Balaban J connectivity index is 2.71. The van der Waals surface area contributed by atoms with Gasteiger partial charge in [0.05, 0.1) is 22.9 Å². The van der Waals surface area contributed by atoms with E-state index < -0.39 is 12.0 Å². The summed E-state index contributed by atoms with van der Waals surface area (Å²) in [6, 6.07) is -0.553. The summed E-state index contributed by atoms with van der Waals surface area (Å²) in [6.07, 6.45) is -0.123. The summed E-state index contributed by atoms with van der Waals surface area (Å²) in [5, 5.41) is 8.73. The molecular formula is C6H7ClN2O2S. The summed E-state index contributed by atoms with van der Waals surface area (Å²) in [4.78, 5) is 14.7. The lowest BCUT2D eigenvalue weighted by Crippen LogP contribution is -2.14. The second-order valence-corrected chi connectivity index (χ2v) is 3.46. The van der Waals surface area contributed by atoms with Crippen LogP contribution in [-0.2, 0) is 4.79 Å². The van der Waals surface area contributed by atoms with E-state index in [1.807, 2.05) is 0 Å². The van der Waals surface area contributed by atoms with Crippen molar-refractivity contribution in [2.75, 3.05) is 0 Å². The molecule has 1 heterocycles. The fraction of sp³-hybridized carbons (Fsp3) is 0.333. The topological polar surface area (TPSA) is 76.2 Å². The van der Waals surface area contributed by atoms with Gasteiger partial charge in [-0.2, -0.15) is 0 Å². The summed E-state index contributed by atoms with van der Waals surface area (Å²) in [5.74, 6) is -0.938. The highest BCUT2D eigenvalue weighted by Gasteiger charge is 2.15. The lowest BCUT2D eigenvalue weighted by molar-refractivity contribution is -0.137. The van der Waals surface area contributed by atoms with Gasteiger partial charge in [0, 0.05) is 0 Å². The Hall–Kier alpha value is -0.650. The first kappa shape index (κ1) is 9.44. The van der Waals surface area contributed by atoms with Crippen LogP contribution in [0.2, 0.25) is 5.15 Å². The molecule has 12 heavy (non-hydrogen) atoms. The smallest absolute Gasteiger partial charge is 0.305 e. The monoisotopic (exact) mass is 206 g/mol. The normalized spacial score (nSPS) is 12.8. The van der Waals surface area contributed by atoms with Crippen LogP contribution in [0.1, 0.15) is 17.3 Å². The quantitative estimate of drug-likeness (QED) is 0.781. The molecule has 0 saturated carbocycles. The molecule has 6 heteroatoms. The van der Waals surface area contributed by atoms with E-state index in [-0.39, 0.29) is 6.42 Å². The Labute approximate surface area is 78.0 Å². The largest absolute Gasteiger partial charge is 0.481 e. The van der Waals surface area contributed by atoms with Crippen molar-refractivity contribution in [1.29, 1.82) is 0 Å². The number of nitrogens with two attached hydrogens (primary N) is 1. The van der Waals surface area contributed by atoms with Crippen molar-refractivity contribution < 1.29 is 9.90 Å². The Kier molecular flexibility index (Phi) is 3.02. The third-order valence-electron chi connectivity index (χ3n) is 1.28. The van der Waals surface area contributed by atoms with Gasteiger partial charge in [0.2, 0.25) is 0 Å². The Morgan fingerprint density at radius 2 is 2.58 bits per heavy atom. The molecule has 0 aromatic carbocycles. The van der Waals surface area contributed by atoms with Gasteiger partial charge in [-0.05, 0) is 0 Å². The number of aromatic nitrogens is 1. The predicted octanol–water partition coefficient (Wildman–Crippen LogP) is 1.27. The number of rotatable bonds is 3. The van der Waals surface area contributed by atoms with Gasteiger partial charge in [-0.25, -0.2) is 4.98 Å². The van der Waals surface area contributed by atoms with Crippen LogP contribution in [0.4, 0.5) is 0 Å². The highest BCUT2D eigenvalue weighted by molar-refractivity contribution is 7.10. The first-order valence-electron chi connectivity index (χ1n) is 3.17. The molecule has 0 saturated heterocycles. The van der Waals surface area contributed by atoms with Crippen molar-refractivity contribution in [2.24, 2.45) is 5.73 Å². The number of hydrogen-bond donors (Lipinski definition) is 2. The third kappa shape index (κ3) is 2.17. The molecule has 0 fully saturated rings. The Morgan fingerprint density at radius 3 is 3.00 bits per heavy atom. The van der Waals surface area contributed by atoms with Crippen molar-refractivity contribution in [3.63, 3.8) is 0 Å². The SMILES string of the molecule is NC(CC(=O)O)c1scnc1Cl. The maximum atomic E-state index is 10.3. The minimum atomic E-state index is -0.938. The van der Waals surface area contributed by atoms with Gasteiger partial charge in [-0.1, -0.05) is 11.6 Å². The lowest BCUT2D eigenvalue weighted by atomic mass is 10.2. The summed E-state index contributed by atoms with van der Waals surface area (Å²) >= 11 is 6.91. The van der Waals surface area contributed by atoms with Crippen LogP contribution in [0.3, 0.4) is 0 Å². The van der Waals surface area contributed by atoms with Crippen molar-refractivity contribution >= 4 is 28.9 Å². The van der Waals surface area contributed by atoms with Crippen LogP contribution in [0.15, 0.2) is 5.51 Å². The van der Waals surface area contributed by atoms with E-state index in [0.717, 1.165) is 0 Å². The van der Waals surface area contributed by atoms with Crippen LogP contribution in [0.25, 0.3) is 0 Å². The molecular weight excluding hydrogens is 200 g/mol. The molecule has 1 aromatic rings. The number of hydrogen-bond acceptors (Lipinski definition) is 4. The van der Waals surface area contributed by atoms with Crippen molar-refractivity contribution in [1.82, 2.24) is 4.98 Å². The average molecular weight is 207 g/mol. The first-order chi connectivity index (χ1) is 5.61. The fourth-order valence-electron chi connectivity index (χ4n) is 0.763. The second-order valence-electron chi connectivity index (χ2n) is 2.21. The number of nitrogens with zero attached hydrogens (tertiary/aromatic N) is 1. The van der Waals surface area contributed by atoms with E-state index in [1.54, 1.807) is 5.51 Å². The minimum absolute atomic E-state index is 0.123. The molecule has 1 atom stereocenters. The van der Waals surface area contributed by atoms with Gasteiger partial charge in [0.15, 0.2) is 0 Å². The van der Waals surface area contributed by atoms with E-state index in [4.69, 9.17) is 22.4 Å². The molecule has 0 bridgehead atoms. The molecule has 0 aliphatic carbocycles. The zero-order valence-electron chi connectivity index (χ0n) is 6.03. The van der Waals surface area contributed by atoms with Crippen LogP contribution in [0, 0.1) is 0 Å². The van der Waals surface area contributed by atoms with Crippen LogP contribution in [0.5, 0.6) is 0 Å². The molecule has 0 aliphatic rings. The van der Waals surface area contributed by atoms with E-state index in [2.05, 4.69) is 4.98 Å². The molecule has 1 aromatic heterocycles. The Bertz CT molecular complexity index is 289. The number of carbonyl (C=O) groups is 1. The van der Waals surface area contributed by atoms with Gasteiger partial charge >= 0.3 is 5.97 Å². The molecule has 4 nitrogen and oxygen atoms in total. The minimum Gasteiger partial charge on any atom is -0.481 e. The maximum absolute atomic E-state index is 10.3. The summed E-state index contributed by atoms with van der Waals surface area (Å²) in [5.41, 5.74) is 7.09. The number of thiazole rings is 1. The maximum Gasteiger partial charge on any atom is 0.305 e. The highest BCUT2D eigenvalue weighted by Crippen LogP contribution is 2.26. The van der Waals surface area contributed by atoms with Gasteiger partial charge in [-0.3, -0.25) is 4.79 Å². The van der Waals surface area contributed by atoms with Crippen LogP contribution in [-0.4, -0.2) is 16.1 Å². The molecule has 1 rings (SSSR count). The zero-order chi connectivity index (χ0) is 9.14. The van der Waals surface area contributed by atoms with Crippen molar-refractivity contribution in [2.45, 2.75) is 12.5 Å². The summed E-state index contributed by atoms with van der Waals surface area (Å²) in [6.45, 7) is 0. The van der Waals surface area contributed by atoms with Gasteiger partial charge < -0.3 is 10.8 Å². The van der Waals surface area contributed by atoms with Crippen molar-refractivity contribution in [3.05, 3.63) is 15.5 Å². The zero-order valence-corrected chi connectivity index (χ0v) is 7.60. The van der Waals surface area contributed by atoms with E-state index in [0.29, 0.717) is 10.0 Å². The first-order valence-corrected chi connectivity index (χ1v) is 4.43. The van der Waals surface area contributed by atoms with Crippen molar-refractivity contribution in [3.8, 4) is 0 Å². The fourth-order valence-corrected chi connectivity index (χ4v) is 1.82. The van der Waals surface area contributed by atoms with Gasteiger partial charge in [-0.15, -0.1) is 11.3 Å². The van der Waals surface area contributed by atoms with Crippen LogP contribution >= 0.6 is 22.9 Å². The molecule has 1 unspecified atom stereocenters. The predicted molar refractivity (Wildman–Crippen MR) is 46.3 cm³/mol. The van der Waals surface area contributed by atoms with E-state index in [9.17, 15) is 4.79 Å². The van der Waals surface area contributed by atoms with E-state index >= 15 is 0 Å². The summed E-state index contributed by atoms with van der Waals surface area (Å²) < 4.78 is 0. The second kappa shape index (κ2) is 3.84. The standard InChI is InChI=1S/C6H7ClN2O2S/c7-6-5(12-2-9-6)3(8)1-4(10)11/h2-3H,1,8H2,(H,10,11). The van der Waals surface area contributed by atoms with Gasteiger partial charge in [0.25, 0.3) is 0 Å². The molecule has 0 spiro atoms. The number of carboxylic acid groups (broad SMARTS) is 1. The molecule has 0 aliphatic heterocycles. The molecule has 0 amide bonds. The van der Waals surface area contributed by atoms with Crippen LogP contribution < -0.4 is 5.73 Å². The molecule has 3 N–H and O–H groups in total. The van der Waals surface area contributed by atoms with E-state index in [1.165, 1.54) is 11.3 Å². The number of aliphatic carboxylic acids is 1. The third-order valence-corrected chi connectivity index (χ3v) is 2.65. The Morgan fingerprint density at radius 1 is 1.92 bits per heavy atom. The molecule has 0 radical (unpaired) electrons. The molecule has 66 valence electrons. The lowest BCUT2D eigenvalue weighted by Gasteiger charge is -2.04.